The van der Waals surface area contributed by atoms with Crippen LogP contribution in [0.3, 0.4) is 0 Å². The predicted molar refractivity (Wildman–Crippen MR) is 113 cm³/mol. The number of ether oxygens (including phenoxy) is 3. The van der Waals surface area contributed by atoms with E-state index in [4.69, 9.17) is 14.2 Å². The Morgan fingerprint density at radius 3 is 2.26 bits per heavy atom. The van der Waals surface area contributed by atoms with Gasteiger partial charge in [-0.15, -0.1) is 0 Å². The predicted octanol–water partition coefficient (Wildman–Crippen LogP) is 1.37. The molecule has 0 atom stereocenters. The number of methoxy groups -OCH3 is 3. The van der Waals surface area contributed by atoms with E-state index < -0.39 is 10.0 Å². The zero-order valence-electron chi connectivity index (χ0n) is 18.0. The number of carbonyl (C=O) groups is 1. The molecule has 1 aliphatic rings. The molecule has 1 saturated heterocycles. The SMILES string of the molecule is COc1cc(NC(=O)N2CCCN(S(=O)(=O)c3cnn(C)c3)CC2)cc(OC)c1OC. The molecule has 2 aromatic rings. The Kier molecular flexibility index (Phi) is 6.91. The molecule has 3 rings (SSSR count). The molecular formula is C19H27N5O6S. The van der Waals surface area contributed by atoms with Gasteiger partial charge in [0.15, 0.2) is 11.5 Å². The van der Waals surface area contributed by atoms with Crippen LogP contribution in [-0.2, 0) is 17.1 Å². The number of anilines is 1. The summed E-state index contributed by atoms with van der Waals surface area (Å²) in [6.07, 6.45) is 3.31. The lowest BCUT2D eigenvalue weighted by molar-refractivity contribution is 0.214. The van der Waals surface area contributed by atoms with Crippen molar-refractivity contribution in [1.29, 1.82) is 0 Å². The number of amides is 2. The molecule has 2 amide bonds. The van der Waals surface area contributed by atoms with E-state index in [0.29, 0.717) is 42.4 Å². The van der Waals surface area contributed by atoms with Gasteiger partial charge in [-0.05, 0) is 6.42 Å². The van der Waals surface area contributed by atoms with E-state index >= 15 is 0 Å². The van der Waals surface area contributed by atoms with Crippen molar-refractivity contribution in [1.82, 2.24) is 19.0 Å². The minimum absolute atomic E-state index is 0.144. The van der Waals surface area contributed by atoms with Gasteiger partial charge in [0.25, 0.3) is 0 Å². The lowest BCUT2D eigenvalue weighted by Crippen LogP contribution is -2.39. The van der Waals surface area contributed by atoms with E-state index in [1.165, 1.54) is 42.7 Å². The minimum Gasteiger partial charge on any atom is -0.493 e. The van der Waals surface area contributed by atoms with Gasteiger partial charge >= 0.3 is 6.03 Å². The summed E-state index contributed by atoms with van der Waals surface area (Å²) in [7, 11) is 2.50. The van der Waals surface area contributed by atoms with Crippen molar-refractivity contribution in [2.75, 3.05) is 52.8 Å². The summed E-state index contributed by atoms with van der Waals surface area (Å²) in [6, 6.07) is 2.93. The van der Waals surface area contributed by atoms with E-state index in [-0.39, 0.29) is 24.0 Å². The summed E-state index contributed by atoms with van der Waals surface area (Å²) in [5, 5.41) is 6.76. The molecular weight excluding hydrogens is 426 g/mol. The normalized spacial score (nSPS) is 15.3. The van der Waals surface area contributed by atoms with Crippen molar-refractivity contribution in [2.45, 2.75) is 11.3 Å². The van der Waals surface area contributed by atoms with E-state index in [1.807, 2.05) is 0 Å². The van der Waals surface area contributed by atoms with Gasteiger partial charge in [0.1, 0.15) is 4.90 Å². The molecule has 1 N–H and O–H groups in total. The molecule has 1 aliphatic heterocycles. The van der Waals surface area contributed by atoms with Gasteiger partial charge in [0, 0.05) is 51.6 Å². The number of hydrogen-bond donors (Lipinski definition) is 1. The van der Waals surface area contributed by atoms with Crippen molar-refractivity contribution in [3.05, 3.63) is 24.5 Å². The van der Waals surface area contributed by atoms with Crippen LogP contribution in [0.25, 0.3) is 0 Å². The van der Waals surface area contributed by atoms with Crippen LogP contribution in [0.2, 0.25) is 0 Å². The number of nitrogens with zero attached hydrogens (tertiary/aromatic N) is 4. The number of benzene rings is 1. The second kappa shape index (κ2) is 9.43. The number of aryl methyl sites for hydroxylation is 1. The Bertz CT molecular complexity index is 1010. The van der Waals surface area contributed by atoms with Crippen LogP contribution >= 0.6 is 0 Å². The number of hydrogen-bond acceptors (Lipinski definition) is 7. The minimum atomic E-state index is -3.65. The summed E-state index contributed by atoms with van der Waals surface area (Å²) >= 11 is 0. The van der Waals surface area contributed by atoms with Crippen LogP contribution in [0.5, 0.6) is 17.2 Å². The first-order chi connectivity index (χ1) is 14.8. The summed E-state index contributed by atoms with van der Waals surface area (Å²) in [6.45, 7) is 1.20. The Balaban J connectivity index is 1.70. The molecule has 12 heteroatoms. The number of carbonyl (C=O) groups excluding carboxylic acids is 1. The zero-order chi connectivity index (χ0) is 22.6. The first-order valence-corrected chi connectivity index (χ1v) is 11.1. The molecule has 0 saturated carbocycles. The molecule has 170 valence electrons. The van der Waals surface area contributed by atoms with Crippen LogP contribution in [0, 0.1) is 0 Å². The fourth-order valence-corrected chi connectivity index (χ4v) is 4.83. The fourth-order valence-electron chi connectivity index (χ4n) is 3.37. The van der Waals surface area contributed by atoms with E-state index in [0.717, 1.165) is 0 Å². The van der Waals surface area contributed by atoms with Crippen LogP contribution < -0.4 is 19.5 Å². The van der Waals surface area contributed by atoms with Crippen LogP contribution in [0.15, 0.2) is 29.4 Å². The molecule has 0 aliphatic carbocycles. The highest BCUT2D eigenvalue weighted by atomic mass is 32.2. The summed E-state index contributed by atoms with van der Waals surface area (Å²) in [5.74, 6) is 1.26. The number of rotatable bonds is 6. The third-order valence-electron chi connectivity index (χ3n) is 4.98. The van der Waals surface area contributed by atoms with Gasteiger partial charge in [-0.25, -0.2) is 13.2 Å². The molecule has 0 spiro atoms. The summed E-state index contributed by atoms with van der Waals surface area (Å²) in [4.78, 5) is 14.6. The molecule has 1 aromatic heterocycles. The monoisotopic (exact) mass is 453 g/mol. The van der Waals surface area contributed by atoms with E-state index in [2.05, 4.69) is 10.4 Å². The number of aromatic nitrogens is 2. The maximum atomic E-state index is 12.8. The van der Waals surface area contributed by atoms with Gasteiger partial charge in [0.2, 0.25) is 15.8 Å². The van der Waals surface area contributed by atoms with Crippen LogP contribution in [-0.4, -0.2) is 80.9 Å². The van der Waals surface area contributed by atoms with Crippen molar-refractivity contribution >= 4 is 21.7 Å². The van der Waals surface area contributed by atoms with Gasteiger partial charge in [-0.2, -0.15) is 9.40 Å². The third kappa shape index (κ3) is 4.85. The van der Waals surface area contributed by atoms with Gasteiger partial charge in [-0.3, -0.25) is 4.68 Å². The van der Waals surface area contributed by atoms with Gasteiger partial charge in [0.05, 0.1) is 33.2 Å². The standard InChI is InChI=1S/C19H27N5O6S/c1-22-13-15(12-20-22)31(26,27)24-7-5-6-23(8-9-24)19(25)21-14-10-16(28-2)18(30-4)17(11-14)29-3/h10-13H,5-9H2,1-4H3,(H,21,25). The first kappa shape index (κ1) is 22.7. The molecule has 31 heavy (non-hydrogen) atoms. The van der Waals surface area contributed by atoms with Crippen molar-refractivity contribution in [3.63, 3.8) is 0 Å². The molecule has 0 radical (unpaired) electrons. The molecule has 1 aromatic carbocycles. The van der Waals surface area contributed by atoms with Gasteiger partial charge in [-0.1, -0.05) is 0 Å². The molecule has 2 heterocycles. The fraction of sp³-hybridized carbons (Fsp3) is 0.474. The largest absolute Gasteiger partial charge is 0.493 e. The Hall–Kier alpha value is -2.99. The van der Waals surface area contributed by atoms with E-state index in [1.54, 1.807) is 24.1 Å². The quantitative estimate of drug-likeness (QED) is 0.702. The maximum absolute atomic E-state index is 12.8. The van der Waals surface area contributed by atoms with Crippen LogP contribution in [0.4, 0.5) is 10.5 Å². The average Bonchev–Trinajstić information content (AvgIpc) is 3.04. The highest BCUT2D eigenvalue weighted by molar-refractivity contribution is 7.89. The molecule has 0 unspecified atom stereocenters. The van der Waals surface area contributed by atoms with Crippen molar-refractivity contribution in [2.24, 2.45) is 7.05 Å². The molecule has 0 bridgehead atoms. The maximum Gasteiger partial charge on any atom is 0.321 e. The second-order valence-corrected chi connectivity index (χ2v) is 8.88. The molecule has 11 nitrogen and oxygen atoms in total. The third-order valence-corrected chi connectivity index (χ3v) is 6.83. The number of urea groups is 1. The average molecular weight is 454 g/mol. The number of sulfonamides is 1. The highest BCUT2D eigenvalue weighted by Crippen LogP contribution is 2.40. The second-order valence-electron chi connectivity index (χ2n) is 6.94. The molecule has 1 fully saturated rings. The van der Waals surface area contributed by atoms with Crippen LogP contribution in [0.1, 0.15) is 6.42 Å². The van der Waals surface area contributed by atoms with Crippen molar-refractivity contribution in [3.8, 4) is 17.2 Å². The number of nitrogens with one attached hydrogen (secondary N) is 1. The van der Waals surface area contributed by atoms with Crippen molar-refractivity contribution < 1.29 is 27.4 Å². The Morgan fingerprint density at radius 2 is 1.71 bits per heavy atom. The van der Waals surface area contributed by atoms with E-state index in [9.17, 15) is 13.2 Å². The summed E-state index contributed by atoms with van der Waals surface area (Å²) in [5.41, 5.74) is 0.476. The van der Waals surface area contributed by atoms with Gasteiger partial charge < -0.3 is 24.4 Å². The Morgan fingerprint density at radius 1 is 1.03 bits per heavy atom. The zero-order valence-corrected chi connectivity index (χ0v) is 18.8. The first-order valence-electron chi connectivity index (χ1n) is 9.65. The lowest BCUT2D eigenvalue weighted by Gasteiger charge is -2.22. The topological polar surface area (TPSA) is 115 Å². The highest BCUT2D eigenvalue weighted by Gasteiger charge is 2.29. The summed E-state index contributed by atoms with van der Waals surface area (Å²) < 4.78 is 44.4. The smallest absolute Gasteiger partial charge is 0.321 e. The lowest BCUT2D eigenvalue weighted by atomic mass is 10.2. The Labute approximate surface area is 181 Å².